The third-order valence-corrected chi connectivity index (χ3v) is 3.90. The minimum atomic E-state index is -0.477. The monoisotopic (exact) mass is 290 g/mol. The first kappa shape index (κ1) is 15.5. The van der Waals surface area contributed by atoms with Gasteiger partial charge in [0.1, 0.15) is 6.10 Å². The number of likely N-dealkylation sites (tertiary alicyclic amines) is 1. The van der Waals surface area contributed by atoms with Crippen LogP contribution in [0.4, 0.5) is 0 Å². The Hall–Kier alpha value is -1.88. The number of rotatable bonds is 5. The second-order valence-electron chi connectivity index (χ2n) is 5.44. The van der Waals surface area contributed by atoms with Crippen LogP contribution in [0.1, 0.15) is 25.3 Å². The van der Waals surface area contributed by atoms with Crippen molar-refractivity contribution in [1.29, 1.82) is 0 Å². The summed E-state index contributed by atoms with van der Waals surface area (Å²) in [5.74, 6) is -0.390. The van der Waals surface area contributed by atoms with Gasteiger partial charge in [-0.05, 0) is 25.3 Å². The lowest BCUT2D eigenvalue weighted by atomic mass is 9.96. The lowest BCUT2D eigenvalue weighted by molar-refractivity contribution is -0.145. The zero-order valence-electron chi connectivity index (χ0n) is 12.3. The fourth-order valence-electron chi connectivity index (χ4n) is 2.51. The summed E-state index contributed by atoms with van der Waals surface area (Å²) in [6, 6.07) is 9.77. The molecule has 1 aliphatic rings. The summed E-state index contributed by atoms with van der Waals surface area (Å²) in [5, 5.41) is 0. The lowest BCUT2D eigenvalue weighted by Gasteiger charge is -2.32. The second-order valence-corrected chi connectivity index (χ2v) is 5.44. The summed E-state index contributed by atoms with van der Waals surface area (Å²) in [7, 11) is 0. The van der Waals surface area contributed by atoms with E-state index < -0.39 is 6.10 Å². The van der Waals surface area contributed by atoms with Crippen LogP contribution >= 0.6 is 0 Å². The Morgan fingerprint density at radius 1 is 1.29 bits per heavy atom. The quantitative estimate of drug-likeness (QED) is 0.888. The van der Waals surface area contributed by atoms with E-state index in [1.54, 1.807) is 11.8 Å². The molecule has 1 heterocycles. The molecule has 2 amide bonds. The molecule has 21 heavy (non-hydrogen) atoms. The van der Waals surface area contributed by atoms with Gasteiger partial charge in [-0.2, -0.15) is 0 Å². The van der Waals surface area contributed by atoms with Crippen LogP contribution < -0.4 is 5.73 Å². The van der Waals surface area contributed by atoms with E-state index in [1.807, 2.05) is 30.3 Å². The zero-order valence-corrected chi connectivity index (χ0v) is 12.3. The summed E-state index contributed by atoms with van der Waals surface area (Å²) in [6.45, 7) is 3.34. The molecule has 0 spiro atoms. The first-order valence-electron chi connectivity index (χ1n) is 7.31. The van der Waals surface area contributed by atoms with Crippen molar-refractivity contribution in [3.05, 3.63) is 35.9 Å². The number of hydrogen-bond donors (Lipinski definition) is 1. The number of piperidine rings is 1. The van der Waals surface area contributed by atoms with Gasteiger partial charge in [0.2, 0.25) is 5.91 Å². The van der Waals surface area contributed by atoms with Gasteiger partial charge < -0.3 is 15.4 Å². The van der Waals surface area contributed by atoms with Gasteiger partial charge >= 0.3 is 0 Å². The Labute approximate surface area is 125 Å². The van der Waals surface area contributed by atoms with Gasteiger partial charge in [0.15, 0.2) is 0 Å². The minimum Gasteiger partial charge on any atom is -0.369 e. The fourth-order valence-corrected chi connectivity index (χ4v) is 2.51. The Bertz CT molecular complexity index is 482. The third kappa shape index (κ3) is 4.29. The van der Waals surface area contributed by atoms with Crippen LogP contribution in [0.15, 0.2) is 30.3 Å². The SMILES string of the molecule is CC(OCc1ccccc1)C(=O)N1CCC(C(N)=O)CC1. The first-order valence-corrected chi connectivity index (χ1v) is 7.31. The summed E-state index contributed by atoms with van der Waals surface area (Å²) in [4.78, 5) is 25.2. The number of carbonyl (C=O) groups is 2. The molecule has 5 heteroatoms. The number of benzene rings is 1. The van der Waals surface area contributed by atoms with E-state index in [2.05, 4.69) is 0 Å². The minimum absolute atomic E-state index is 0.0196. The van der Waals surface area contributed by atoms with E-state index in [0.29, 0.717) is 32.5 Å². The van der Waals surface area contributed by atoms with Gasteiger partial charge in [-0.3, -0.25) is 9.59 Å². The molecule has 0 bridgehead atoms. The largest absolute Gasteiger partial charge is 0.369 e. The number of ether oxygens (including phenoxy) is 1. The van der Waals surface area contributed by atoms with E-state index in [1.165, 1.54) is 0 Å². The first-order chi connectivity index (χ1) is 10.1. The Morgan fingerprint density at radius 2 is 1.90 bits per heavy atom. The van der Waals surface area contributed by atoms with Crippen molar-refractivity contribution in [1.82, 2.24) is 4.90 Å². The van der Waals surface area contributed by atoms with Crippen molar-refractivity contribution in [3.8, 4) is 0 Å². The molecule has 1 aromatic rings. The molecule has 0 saturated carbocycles. The van der Waals surface area contributed by atoms with Crippen LogP contribution in [-0.4, -0.2) is 35.9 Å². The highest BCUT2D eigenvalue weighted by Gasteiger charge is 2.28. The molecule has 1 fully saturated rings. The van der Waals surface area contributed by atoms with E-state index in [4.69, 9.17) is 10.5 Å². The molecular formula is C16H22N2O3. The Kier molecular flexibility index (Phi) is 5.33. The highest BCUT2D eigenvalue weighted by Crippen LogP contribution is 2.18. The van der Waals surface area contributed by atoms with Crippen molar-refractivity contribution in [2.75, 3.05) is 13.1 Å². The van der Waals surface area contributed by atoms with Gasteiger partial charge in [-0.15, -0.1) is 0 Å². The number of nitrogens with zero attached hydrogens (tertiary/aromatic N) is 1. The average molecular weight is 290 g/mol. The molecule has 1 atom stereocenters. The average Bonchev–Trinajstić information content (AvgIpc) is 2.53. The number of primary amides is 1. The Balaban J connectivity index is 1.79. The van der Waals surface area contributed by atoms with E-state index >= 15 is 0 Å². The van der Waals surface area contributed by atoms with Crippen molar-refractivity contribution in [3.63, 3.8) is 0 Å². The van der Waals surface area contributed by atoms with Gasteiger partial charge in [0.05, 0.1) is 6.61 Å². The molecule has 5 nitrogen and oxygen atoms in total. The molecule has 2 rings (SSSR count). The fraction of sp³-hybridized carbons (Fsp3) is 0.500. The predicted molar refractivity (Wildman–Crippen MR) is 79.2 cm³/mol. The molecule has 114 valence electrons. The maximum atomic E-state index is 12.3. The standard InChI is InChI=1S/C16H22N2O3/c1-12(21-11-13-5-3-2-4-6-13)16(20)18-9-7-14(8-10-18)15(17)19/h2-6,12,14H,7-11H2,1H3,(H2,17,19). The van der Waals surface area contributed by atoms with E-state index in [9.17, 15) is 9.59 Å². The van der Waals surface area contributed by atoms with Gasteiger partial charge in [0, 0.05) is 19.0 Å². The molecule has 0 aliphatic carbocycles. The summed E-state index contributed by atoms with van der Waals surface area (Å²) < 4.78 is 5.63. The van der Waals surface area contributed by atoms with Crippen LogP contribution in [0, 0.1) is 5.92 Å². The smallest absolute Gasteiger partial charge is 0.251 e. The maximum absolute atomic E-state index is 12.3. The summed E-state index contributed by atoms with van der Waals surface area (Å²) in [5.41, 5.74) is 6.34. The maximum Gasteiger partial charge on any atom is 0.251 e. The normalized spacial score (nSPS) is 17.5. The van der Waals surface area contributed by atoms with Gasteiger partial charge in [-0.25, -0.2) is 0 Å². The van der Waals surface area contributed by atoms with E-state index in [-0.39, 0.29) is 17.7 Å². The van der Waals surface area contributed by atoms with Crippen LogP contribution in [-0.2, 0) is 20.9 Å². The third-order valence-electron chi connectivity index (χ3n) is 3.90. The Morgan fingerprint density at radius 3 is 2.48 bits per heavy atom. The van der Waals surface area contributed by atoms with E-state index in [0.717, 1.165) is 5.56 Å². The molecular weight excluding hydrogens is 268 g/mol. The number of carbonyl (C=O) groups excluding carboxylic acids is 2. The lowest BCUT2D eigenvalue weighted by Crippen LogP contribution is -2.45. The molecule has 1 aliphatic heterocycles. The molecule has 2 N–H and O–H groups in total. The highest BCUT2D eigenvalue weighted by atomic mass is 16.5. The zero-order chi connectivity index (χ0) is 15.2. The van der Waals surface area contributed by atoms with Crippen molar-refractivity contribution < 1.29 is 14.3 Å². The van der Waals surface area contributed by atoms with Crippen molar-refractivity contribution in [2.45, 2.75) is 32.5 Å². The highest BCUT2D eigenvalue weighted by molar-refractivity contribution is 5.81. The van der Waals surface area contributed by atoms with Crippen LogP contribution in [0.2, 0.25) is 0 Å². The van der Waals surface area contributed by atoms with Gasteiger partial charge in [-0.1, -0.05) is 30.3 Å². The van der Waals surface area contributed by atoms with Crippen LogP contribution in [0.25, 0.3) is 0 Å². The molecule has 0 radical (unpaired) electrons. The molecule has 0 aromatic heterocycles. The van der Waals surface area contributed by atoms with Crippen LogP contribution in [0.3, 0.4) is 0 Å². The molecule has 1 saturated heterocycles. The summed E-state index contributed by atoms with van der Waals surface area (Å²) in [6.07, 6.45) is 0.814. The van der Waals surface area contributed by atoms with Crippen molar-refractivity contribution in [2.24, 2.45) is 11.7 Å². The van der Waals surface area contributed by atoms with Gasteiger partial charge in [0.25, 0.3) is 5.91 Å². The molecule has 1 aromatic carbocycles. The second kappa shape index (κ2) is 7.22. The van der Waals surface area contributed by atoms with Crippen molar-refractivity contribution >= 4 is 11.8 Å². The molecule has 1 unspecified atom stereocenters. The predicted octanol–water partition coefficient (Wildman–Crippen LogP) is 1.32. The van der Waals surface area contributed by atoms with Crippen LogP contribution in [0.5, 0.6) is 0 Å². The summed E-state index contributed by atoms with van der Waals surface area (Å²) >= 11 is 0. The topological polar surface area (TPSA) is 72.6 Å². The number of amides is 2. The number of nitrogens with two attached hydrogens (primary N) is 1. The number of hydrogen-bond acceptors (Lipinski definition) is 3.